The topological polar surface area (TPSA) is 152 Å². The van der Waals surface area contributed by atoms with Crippen molar-refractivity contribution in [2.45, 2.75) is 100 Å². The Bertz CT molecular complexity index is 1460. The molecule has 0 aromatic heterocycles. The Morgan fingerprint density at radius 2 is 1.37 bits per heavy atom. The first kappa shape index (κ1) is 35.1. The molecular weight excluding hydrogens is 548 g/mol. The van der Waals surface area contributed by atoms with Gasteiger partial charge >= 0.3 is 0 Å². The Labute approximate surface area is 254 Å². The summed E-state index contributed by atoms with van der Waals surface area (Å²) in [5.41, 5.74) is 0.0957. The molecule has 8 nitrogen and oxygen atoms in total. The van der Waals surface area contributed by atoms with Gasteiger partial charge in [0.05, 0.1) is 5.41 Å². The molecule has 1 aliphatic carbocycles. The van der Waals surface area contributed by atoms with Crippen LogP contribution in [0.15, 0.2) is 57.6 Å². The maximum absolute atomic E-state index is 13.6. The van der Waals surface area contributed by atoms with Gasteiger partial charge in [-0.1, -0.05) is 41.9 Å². The summed E-state index contributed by atoms with van der Waals surface area (Å²) in [6.45, 7) is 14.0. The fourth-order valence-corrected chi connectivity index (χ4v) is 5.12. The molecule has 5 N–H and O–H groups in total. The number of ketones is 3. The van der Waals surface area contributed by atoms with Crippen molar-refractivity contribution in [1.29, 1.82) is 0 Å². The first-order chi connectivity index (χ1) is 20.0. The minimum atomic E-state index is -1.62. The number of phenolic OH excluding ortho intramolecular Hbond substituents is 3. The predicted octanol–water partition coefficient (Wildman–Crippen LogP) is 7.72. The van der Waals surface area contributed by atoms with Gasteiger partial charge in [-0.05, 0) is 80.6 Å². The molecule has 1 unspecified atom stereocenters. The number of carbonyl (C=O) groups is 3. The number of allylic oxidation sites excluding steroid dienone is 9. The second-order valence-electron chi connectivity index (χ2n) is 12.1. The Hall–Kier alpha value is -4.07. The molecule has 8 heteroatoms. The van der Waals surface area contributed by atoms with E-state index in [9.17, 15) is 39.9 Å². The molecular formula is C35H46O8. The van der Waals surface area contributed by atoms with Gasteiger partial charge in [0.25, 0.3) is 0 Å². The number of rotatable bonds is 13. The van der Waals surface area contributed by atoms with Gasteiger partial charge in [-0.25, -0.2) is 0 Å². The van der Waals surface area contributed by atoms with Crippen molar-refractivity contribution in [3.05, 3.63) is 74.3 Å². The van der Waals surface area contributed by atoms with Crippen LogP contribution in [0.3, 0.4) is 0 Å². The summed E-state index contributed by atoms with van der Waals surface area (Å²) in [6, 6.07) is 0. The highest BCUT2D eigenvalue weighted by atomic mass is 16.3. The number of carbonyl (C=O) groups excluding carboxylic acids is 3. The van der Waals surface area contributed by atoms with Crippen molar-refractivity contribution in [3.63, 3.8) is 0 Å². The molecule has 1 aromatic rings. The predicted molar refractivity (Wildman–Crippen MR) is 168 cm³/mol. The molecule has 0 amide bonds. The van der Waals surface area contributed by atoms with Gasteiger partial charge in [0.2, 0.25) is 0 Å². The average molecular weight is 595 g/mol. The molecule has 234 valence electrons. The molecule has 1 aromatic carbocycles. The lowest BCUT2D eigenvalue weighted by atomic mass is 9.70. The van der Waals surface area contributed by atoms with Gasteiger partial charge in [-0.3, -0.25) is 14.4 Å². The summed E-state index contributed by atoms with van der Waals surface area (Å²) in [7, 11) is 0. The molecule has 0 aliphatic heterocycles. The minimum absolute atomic E-state index is 0.00613. The summed E-state index contributed by atoms with van der Waals surface area (Å²) in [4.78, 5) is 39.1. The summed E-state index contributed by atoms with van der Waals surface area (Å²) >= 11 is 0. The largest absolute Gasteiger partial charge is 0.511 e. The maximum atomic E-state index is 13.6. The van der Waals surface area contributed by atoms with Crippen LogP contribution in [-0.2, 0) is 22.4 Å². The third kappa shape index (κ3) is 7.66. The van der Waals surface area contributed by atoms with Gasteiger partial charge < -0.3 is 25.5 Å². The average Bonchev–Trinajstić information content (AvgIpc) is 2.90. The molecule has 1 aliphatic rings. The number of aliphatic hydroxyl groups is 2. The van der Waals surface area contributed by atoms with Gasteiger partial charge in [-0.15, -0.1) is 0 Å². The number of aromatic hydroxyl groups is 3. The van der Waals surface area contributed by atoms with Crippen LogP contribution >= 0.6 is 0 Å². The first-order valence-electron chi connectivity index (χ1n) is 14.6. The van der Waals surface area contributed by atoms with E-state index in [1.807, 2.05) is 40.7 Å². The van der Waals surface area contributed by atoms with E-state index in [1.165, 1.54) is 12.5 Å². The quantitative estimate of drug-likeness (QED) is 0.0884. The third-order valence-electron chi connectivity index (χ3n) is 7.80. The Morgan fingerprint density at radius 1 is 0.791 bits per heavy atom. The van der Waals surface area contributed by atoms with Crippen molar-refractivity contribution in [2.75, 3.05) is 0 Å². The van der Waals surface area contributed by atoms with Crippen LogP contribution in [0.4, 0.5) is 0 Å². The van der Waals surface area contributed by atoms with E-state index in [1.54, 1.807) is 13.0 Å². The van der Waals surface area contributed by atoms with Crippen molar-refractivity contribution in [2.24, 2.45) is 5.41 Å². The smallest absolute Gasteiger partial charge is 0.183 e. The maximum Gasteiger partial charge on any atom is 0.183 e. The van der Waals surface area contributed by atoms with E-state index in [0.29, 0.717) is 6.42 Å². The zero-order valence-corrected chi connectivity index (χ0v) is 26.6. The normalized spacial score (nSPS) is 17.3. The molecule has 0 radical (unpaired) electrons. The second kappa shape index (κ2) is 14.4. The molecule has 0 heterocycles. The van der Waals surface area contributed by atoms with Crippen LogP contribution in [0.2, 0.25) is 0 Å². The lowest BCUT2D eigenvalue weighted by molar-refractivity contribution is -0.127. The lowest BCUT2D eigenvalue weighted by Crippen LogP contribution is -2.38. The first-order valence-corrected chi connectivity index (χ1v) is 14.6. The van der Waals surface area contributed by atoms with Gasteiger partial charge in [0.1, 0.15) is 39.9 Å². The fourth-order valence-electron chi connectivity index (χ4n) is 5.12. The molecule has 0 spiro atoms. The van der Waals surface area contributed by atoms with Crippen LogP contribution in [0.5, 0.6) is 17.2 Å². The van der Waals surface area contributed by atoms with Crippen molar-refractivity contribution < 1.29 is 39.9 Å². The molecule has 0 fully saturated rings. The van der Waals surface area contributed by atoms with Gasteiger partial charge in [0, 0.05) is 29.5 Å². The van der Waals surface area contributed by atoms with Crippen molar-refractivity contribution in [3.8, 4) is 17.2 Å². The summed E-state index contributed by atoms with van der Waals surface area (Å²) in [5.74, 6) is -5.01. The molecule has 2 rings (SSSR count). The van der Waals surface area contributed by atoms with Crippen LogP contribution in [0.25, 0.3) is 0 Å². The summed E-state index contributed by atoms with van der Waals surface area (Å²) in [6.07, 6.45) is 7.19. The minimum Gasteiger partial charge on any atom is -0.511 e. The molecule has 0 bridgehead atoms. The van der Waals surface area contributed by atoms with E-state index in [4.69, 9.17) is 0 Å². The highest BCUT2D eigenvalue weighted by molar-refractivity contribution is 6.23. The molecule has 1 atom stereocenters. The number of Topliss-reactive ketones (excluding diaryl/α,β-unsaturated/α-hetero) is 3. The van der Waals surface area contributed by atoms with Crippen molar-refractivity contribution >= 4 is 17.3 Å². The molecule has 43 heavy (non-hydrogen) atoms. The van der Waals surface area contributed by atoms with Crippen LogP contribution in [0, 0.1) is 5.41 Å². The van der Waals surface area contributed by atoms with Crippen molar-refractivity contribution in [1.82, 2.24) is 0 Å². The SMILES string of the molecule is CCCC(=O)c1c(O)c(CC=C(C)C)c(O)c(CC2=C(O)C(C)(CC=C(C)CCC=C(C)C)C(=O)C(C(C)=O)=C2O)c1O. The highest BCUT2D eigenvalue weighted by Gasteiger charge is 2.47. The zero-order valence-electron chi connectivity index (χ0n) is 26.6. The van der Waals surface area contributed by atoms with Crippen LogP contribution < -0.4 is 0 Å². The van der Waals surface area contributed by atoms with E-state index in [2.05, 4.69) is 6.08 Å². The van der Waals surface area contributed by atoms with Gasteiger partial charge in [-0.2, -0.15) is 0 Å². The number of phenols is 3. The Kier molecular flexibility index (Phi) is 11.8. The van der Waals surface area contributed by atoms with Crippen LogP contribution in [0.1, 0.15) is 109 Å². The van der Waals surface area contributed by atoms with E-state index in [0.717, 1.165) is 30.9 Å². The summed E-state index contributed by atoms with van der Waals surface area (Å²) < 4.78 is 0. The van der Waals surface area contributed by atoms with E-state index < -0.39 is 63.5 Å². The fraction of sp³-hybridized carbons (Fsp3) is 0.457. The third-order valence-corrected chi connectivity index (χ3v) is 7.80. The molecule has 0 saturated heterocycles. The number of aliphatic hydroxyl groups excluding tert-OH is 2. The number of hydrogen-bond acceptors (Lipinski definition) is 8. The second-order valence-corrected chi connectivity index (χ2v) is 12.1. The van der Waals surface area contributed by atoms with Gasteiger partial charge in [0.15, 0.2) is 17.3 Å². The molecule has 0 saturated carbocycles. The number of benzene rings is 1. The standard InChI is InChI=1S/C35H46O8/c1-9-11-26(37)28-30(39)23(15-14-20(4)5)29(38)24(31(28)40)18-25-32(41)27(22(7)36)34(43)35(8,33(25)42)17-16-21(6)13-10-12-19(2)3/h12,14,16,38-42H,9-11,13,15,17-18H2,1-8H3. The lowest BCUT2D eigenvalue weighted by Gasteiger charge is -2.33. The van der Waals surface area contributed by atoms with E-state index >= 15 is 0 Å². The Balaban J connectivity index is 2.80. The highest BCUT2D eigenvalue weighted by Crippen LogP contribution is 2.48. The zero-order chi connectivity index (χ0) is 32.8. The van der Waals surface area contributed by atoms with E-state index in [-0.39, 0.29) is 41.5 Å². The Morgan fingerprint density at radius 3 is 1.91 bits per heavy atom. The number of hydrogen-bond donors (Lipinski definition) is 5. The monoisotopic (exact) mass is 594 g/mol. The van der Waals surface area contributed by atoms with Crippen LogP contribution in [-0.4, -0.2) is 42.9 Å². The summed E-state index contributed by atoms with van der Waals surface area (Å²) in [5, 5.41) is 56.1.